The molecule has 7 heteroatoms. The predicted octanol–water partition coefficient (Wildman–Crippen LogP) is 2.10. The minimum atomic E-state index is -0.575. The number of nitrogens with two attached hydrogens (primary N) is 1. The largest absolute Gasteiger partial charge is 0.457 e. The van der Waals surface area contributed by atoms with Gasteiger partial charge in [0.15, 0.2) is 0 Å². The minimum Gasteiger partial charge on any atom is -0.457 e. The molecule has 0 spiro atoms. The van der Waals surface area contributed by atoms with Crippen LogP contribution < -0.4 is 10.6 Å². The third kappa shape index (κ3) is 3.60. The number of cyclic esters (lactones) is 1. The van der Waals surface area contributed by atoms with Gasteiger partial charge in [0.05, 0.1) is 12.1 Å². The summed E-state index contributed by atoms with van der Waals surface area (Å²) < 4.78 is 10.1. The van der Waals surface area contributed by atoms with Crippen molar-refractivity contribution in [2.24, 2.45) is 5.73 Å². The molecule has 2 aromatic rings. The number of nitrogens with zero attached hydrogens (tertiary/aromatic N) is 1. The van der Waals surface area contributed by atoms with E-state index in [0.29, 0.717) is 35.5 Å². The van der Waals surface area contributed by atoms with Crippen molar-refractivity contribution in [1.82, 2.24) is 0 Å². The summed E-state index contributed by atoms with van der Waals surface area (Å²) in [5, 5.41) is 0. The van der Waals surface area contributed by atoms with Crippen molar-refractivity contribution in [1.29, 1.82) is 0 Å². The molecule has 0 radical (unpaired) electrons. The highest BCUT2D eigenvalue weighted by Crippen LogP contribution is 2.20. The summed E-state index contributed by atoms with van der Waals surface area (Å²) in [6.07, 6.45) is -0.404. The van der Waals surface area contributed by atoms with Gasteiger partial charge in [-0.1, -0.05) is 18.2 Å². The van der Waals surface area contributed by atoms with E-state index in [4.69, 9.17) is 15.2 Å². The van der Waals surface area contributed by atoms with Crippen LogP contribution >= 0.6 is 0 Å². The number of carbonyl (C=O) groups excluding carboxylic acids is 3. The molecule has 1 aliphatic heterocycles. The standard InChI is InChI=1S/C18H16N2O5/c19-16(21)15-4-2-1-3-13(15)11-25-17(22)12-5-7-14(8-6-12)20-9-10-24-18(20)23/h1-8H,9-11H2,(H2,19,21). The first-order valence-corrected chi connectivity index (χ1v) is 7.65. The van der Waals surface area contributed by atoms with E-state index < -0.39 is 18.0 Å². The molecule has 2 amide bonds. The highest BCUT2D eigenvalue weighted by Gasteiger charge is 2.23. The molecule has 3 rings (SSSR count). The van der Waals surface area contributed by atoms with Crippen LogP contribution in [0.2, 0.25) is 0 Å². The Hall–Kier alpha value is -3.35. The SMILES string of the molecule is NC(=O)c1ccccc1COC(=O)c1ccc(N2CCOC2=O)cc1. The molecule has 0 unspecified atom stereocenters. The molecule has 0 aliphatic carbocycles. The molecule has 0 saturated carbocycles. The van der Waals surface area contributed by atoms with Crippen molar-refractivity contribution in [3.8, 4) is 0 Å². The van der Waals surface area contributed by atoms with Crippen LogP contribution in [0.3, 0.4) is 0 Å². The number of anilines is 1. The van der Waals surface area contributed by atoms with Crippen LogP contribution in [0.1, 0.15) is 26.3 Å². The number of hydrogen-bond donors (Lipinski definition) is 1. The van der Waals surface area contributed by atoms with Gasteiger partial charge in [-0.2, -0.15) is 0 Å². The molecule has 1 fully saturated rings. The van der Waals surface area contributed by atoms with E-state index in [1.807, 2.05) is 0 Å². The van der Waals surface area contributed by atoms with Crippen LogP contribution in [-0.4, -0.2) is 31.1 Å². The summed E-state index contributed by atoms with van der Waals surface area (Å²) in [5.41, 5.74) is 7.15. The van der Waals surface area contributed by atoms with E-state index in [2.05, 4.69) is 0 Å². The Morgan fingerprint density at radius 1 is 1.12 bits per heavy atom. The molecule has 25 heavy (non-hydrogen) atoms. The molecule has 128 valence electrons. The number of hydrogen-bond acceptors (Lipinski definition) is 5. The smallest absolute Gasteiger partial charge is 0.414 e. The van der Waals surface area contributed by atoms with Crippen molar-refractivity contribution in [3.05, 3.63) is 65.2 Å². The number of esters is 1. The lowest BCUT2D eigenvalue weighted by molar-refractivity contribution is 0.0470. The maximum Gasteiger partial charge on any atom is 0.414 e. The summed E-state index contributed by atoms with van der Waals surface area (Å²) in [7, 11) is 0. The van der Waals surface area contributed by atoms with Crippen LogP contribution in [0.4, 0.5) is 10.5 Å². The van der Waals surface area contributed by atoms with Gasteiger partial charge >= 0.3 is 12.1 Å². The van der Waals surface area contributed by atoms with E-state index in [-0.39, 0.29) is 6.61 Å². The number of carbonyl (C=O) groups is 3. The Kier molecular flexibility index (Phi) is 4.65. The van der Waals surface area contributed by atoms with Gasteiger partial charge in [-0.05, 0) is 30.3 Å². The van der Waals surface area contributed by atoms with Crippen molar-refractivity contribution >= 4 is 23.7 Å². The fourth-order valence-electron chi connectivity index (χ4n) is 2.52. The van der Waals surface area contributed by atoms with E-state index in [1.165, 1.54) is 4.90 Å². The predicted molar refractivity (Wildman–Crippen MR) is 89.2 cm³/mol. The van der Waals surface area contributed by atoms with Gasteiger partial charge < -0.3 is 15.2 Å². The first-order valence-electron chi connectivity index (χ1n) is 7.65. The summed E-state index contributed by atoms with van der Waals surface area (Å²) in [5.74, 6) is -1.11. The van der Waals surface area contributed by atoms with E-state index in [0.717, 1.165) is 0 Å². The minimum absolute atomic E-state index is 0.0574. The normalized spacial score (nSPS) is 13.4. The molecule has 0 atom stereocenters. The van der Waals surface area contributed by atoms with Crippen molar-refractivity contribution in [2.75, 3.05) is 18.1 Å². The zero-order chi connectivity index (χ0) is 17.8. The molecule has 1 heterocycles. The zero-order valence-electron chi connectivity index (χ0n) is 13.3. The first kappa shape index (κ1) is 16.5. The van der Waals surface area contributed by atoms with Gasteiger partial charge in [-0.25, -0.2) is 9.59 Å². The van der Waals surface area contributed by atoms with Crippen LogP contribution in [-0.2, 0) is 16.1 Å². The first-order chi connectivity index (χ1) is 12.1. The Morgan fingerprint density at radius 2 is 1.84 bits per heavy atom. The van der Waals surface area contributed by atoms with Crippen LogP contribution in [0.5, 0.6) is 0 Å². The Bertz CT molecular complexity index is 816. The molecule has 0 aromatic heterocycles. The second-order valence-corrected chi connectivity index (χ2v) is 5.41. The monoisotopic (exact) mass is 340 g/mol. The Labute approximate surface area is 143 Å². The van der Waals surface area contributed by atoms with E-state index in [9.17, 15) is 14.4 Å². The molecular weight excluding hydrogens is 324 g/mol. The van der Waals surface area contributed by atoms with E-state index in [1.54, 1.807) is 48.5 Å². The van der Waals surface area contributed by atoms with Gasteiger partial charge in [0.25, 0.3) is 0 Å². The highest BCUT2D eigenvalue weighted by atomic mass is 16.6. The second-order valence-electron chi connectivity index (χ2n) is 5.41. The van der Waals surface area contributed by atoms with Gasteiger partial charge in [0, 0.05) is 16.8 Å². The third-order valence-electron chi connectivity index (χ3n) is 3.82. The Balaban J connectivity index is 1.66. The van der Waals surface area contributed by atoms with Crippen LogP contribution in [0.15, 0.2) is 48.5 Å². The van der Waals surface area contributed by atoms with Crippen molar-refractivity contribution in [3.63, 3.8) is 0 Å². The highest BCUT2D eigenvalue weighted by molar-refractivity contribution is 5.95. The van der Waals surface area contributed by atoms with Crippen LogP contribution in [0.25, 0.3) is 0 Å². The van der Waals surface area contributed by atoms with Gasteiger partial charge in [-0.3, -0.25) is 9.69 Å². The third-order valence-corrected chi connectivity index (χ3v) is 3.82. The maximum atomic E-state index is 12.2. The molecule has 1 aliphatic rings. The molecule has 7 nitrogen and oxygen atoms in total. The summed E-state index contributed by atoms with van der Waals surface area (Å²) >= 11 is 0. The maximum absolute atomic E-state index is 12.2. The van der Waals surface area contributed by atoms with Gasteiger partial charge in [-0.15, -0.1) is 0 Å². The lowest BCUT2D eigenvalue weighted by Crippen LogP contribution is -2.23. The van der Waals surface area contributed by atoms with Crippen molar-refractivity contribution < 1.29 is 23.9 Å². The van der Waals surface area contributed by atoms with Gasteiger partial charge in [0.2, 0.25) is 5.91 Å². The second kappa shape index (κ2) is 7.04. The number of benzene rings is 2. The zero-order valence-corrected chi connectivity index (χ0v) is 13.3. The van der Waals surface area contributed by atoms with E-state index >= 15 is 0 Å². The van der Waals surface area contributed by atoms with Gasteiger partial charge in [0.1, 0.15) is 13.2 Å². The summed E-state index contributed by atoms with van der Waals surface area (Å²) in [6, 6.07) is 13.1. The number of amides is 2. The molecule has 1 saturated heterocycles. The lowest BCUT2D eigenvalue weighted by Gasteiger charge is -2.13. The molecule has 2 aromatic carbocycles. The van der Waals surface area contributed by atoms with Crippen molar-refractivity contribution in [2.45, 2.75) is 6.61 Å². The number of ether oxygens (including phenoxy) is 2. The Morgan fingerprint density at radius 3 is 2.48 bits per heavy atom. The average Bonchev–Trinajstić information content (AvgIpc) is 3.06. The lowest BCUT2D eigenvalue weighted by atomic mass is 10.1. The fourth-order valence-corrected chi connectivity index (χ4v) is 2.52. The summed E-state index contributed by atoms with van der Waals surface area (Å²) in [6.45, 7) is 0.770. The number of primary amides is 1. The average molecular weight is 340 g/mol. The fraction of sp³-hybridized carbons (Fsp3) is 0.167. The molecule has 2 N–H and O–H groups in total. The quantitative estimate of drug-likeness (QED) is 0.840. The molecular formula is C18H16N2O5. The molecule has 0 bridgehead atoms. The summed E-state index contributed by atoms with van der Waals surface area (Å²) in [4.78, 5) is 36.5. The number of rotatable bonds is 5. The van der Waals surface area contributed by atoms with Crippen LogP contribution in [0, 0.1) is 0 Å². The topological polar surface area (TPSA) is 98.9 Å².